The number of nitrogens with one attached hydrogen (secondary N) is 1. The molecule has 0 saturated carbocycles. The zero-order valence-corrected chi connectivity index (χ0v) is 11.4. The molecule has 0 bridgehead atoms. The summed E-state index contributed by atoms with van der Waals surface area (Å²) in [6.45, 7) is 2.06. The van der Waals surface area contributed by atoms with Gasteiger partial charge in [-0.2, -0.15) is 5.10 Å². The van der Waals surface area contributed by atoms with E-state index in [1.54, 1.807) is 4.68 Å². The molecule has 0 radical (unpaired) electrons. The van der Waals surface area contributed by atoms with Crippen LogP contribution in [0.3, 0.4) is 0 Å². The second-order valence-corrected chi connectivity index (χ2v) is 4.99. The molecule has 0 aliphatic carbocycles. The summed E-state index contributed by atoms with van der Waals surface area (Å²) in [6, 6.07) is 8.08. The fourth-order valence-electron chi connectivity index (χ4n) is 1.87. The van der Waals surface area contributed by atoms with Gasteiger partial charge in [-0.05, 0) is 36.2 Å². The topological polar surface area (TPSA) is 55.9 Å². The van der Waals surface area contributed by atoms with Crippen molar-refractivity contribution >= 4 is 15.9 Å². The number of nitrogens with zero attached hydrogens (tertiary/aromatic N) is 2. The molecule has 1 atom stereocenters. The predicted molar refractivity (Wildman–Crippen MR) is 71.3 cm³/mol. The maximum Gasteiger partial charge on any atom is 0.0900 e. The van der Waals surface area contributed by atoms with Crippen LogP contribution in [0.4, 0.5) is 0 Å². The van der Waals surface area contributed by atoms with E-state index in [-0.39, 0.29) is 6.04 Å². The Kier molecular flexibility index (Phi) is 3.61. The van der Waals surface area contributed by atoms with Gasteiger partial charge in [-0.1, -0.05) is 22.0 Å². The number of hydrogen-bond donors (Lipinski definition) is 2. The van der Waals surface area contributed by atoms with Gasteiger partial charge in [0.05, 0.1) is 11.7 Å². The monoisotopic (exact) mass is 294 g/mol. The summed E-state index contributed by atoms with van der Waals surface area (Å²) in [4.78, 5) is 0. The second-order valence-electron chi connectivity index (χ2n) is 4.08. The summed E-state index contributed by atoms with van der Waals surface area (Å²) >= 11 is 3.49. The van der Waals surface area contributed by atoms with Gasteiger partial charge < -0.3 is 0 Å². The molecule has 0 spiro atoms. The van der Waals surface area contributed by atoms with Crippen molar-refractivity contribution in [3.05, 3.63) is 51.8 Å². The molecule has 0 saturated heterocycles. The lowest BCUT2D eigenvalue weighted by Crippen LogP contribution is -2.29. The van der Waals surface area contributed by atoms with E-state index in [1.807, 2.05) is 25.4 Å². The molecule has 2 rings (SSSR count). The van der Waals surface area contributed by atoms with Crippen LogP contribution in [0, 0.1) is 6.92 Å². The molecule has 1 aromatic carbocycles. The highest BCUT2D eigenvalue weighted by Crippen LogP contribution is 2.24. The lowest BCUT2D eigenvalue weighted by molar-refractivity contribution is 0.603. The number of aryl methyl sites for hydroxylation is 2. The van der Waals surface area contributed by atoms with Gasteiger partial charge >= 0.3 is 0 Å². The van der Waals surface area contributed by atoms with Crippen LogP contribution in [0.25, 0.3) is 0 Å². The van der Waals surface area contributed by atoms with E-state index in [4.69, 9.17) is 5.84 Å². The third-order valence-electron chi connectivity index (χ3n) is 2.59. The Bertz CT molecular complexity index is 501. The minimum absolute atomic E-state index is 0.0904. The zero-order chi connectivity index (χ0) is 12.4. The van der Waals surface area contributed by atoms with Crippen molar-refractivity contribution in [1.29, 1.82) is 0 Å². The summed E-state index contributed by atoms with van der Waals surface area (Å²) in [5.74, 6) is 5.63. The number of nitrogens with two attached hydrogens (primary N) is 1. The minimum atomic E-state index is -0.0904. The summed E-state index contributed by atoms with van der Waals surface area (Å²) < 4.78 is 2.81. The molecule has 1 heterocycles. The highest BCUT2D eigenvalue weighted by molar-refractivity contribution is 9.10. The largest absolute Gasteiger partial charge is 0.275 e. The van der Waals surface area contributed by atoms with Crippen molar-refractivity contribution in [3.63, 3.8) is 0 Å². The van der Waals surface area contributed by atoms with Gasteiger partial charge in [0.25, 0.3) is 0 Å². The molecular weight excluding hydrogens is 280 g/mol. The van der Waals surface area contributed by atoms with Crippen LogP contribution in [0.1, 0.15) is 22.9 Å². The first kappa shape index (κ1) is 12.3. The molecule has 1 aromatic heterocycles. The van der Waals surface area contributed by atoms with Crippen molar-refractivity contribution in [2.45, 2.75) is 13.0 Å². The standard InChI is InChI=1S/C12H15BrN4/c1-8-5-9(7-10(13)6-8)12(15-14)11-3-4-17(2)16-11/h3-7,12,15H,14H2,1-2H3. The molecule has 1 unspecified atom stereocenters. The van der Waals surface area contributed by atoms with Crippen molar-refractivity contribution in [2.24, 2.45) is 12.9 Å². The number of benzene rings is 1. The van der Waals surface area contributed by atoms with E-state index in [9.17, 15) is 0 Å². The summed E-state index contributed by atoms with van der Waals surface area (Å²) in [5.41, 5.74) is 6.00. The van der Waals surface area contributed by atoms with Gasteiger partial charge in [0.1, 0.15) is 0 Å². The molecule has 3 N–H and O–H groups in total. The van der Waals surface area contributed by atoms with Crippen molar-refractivity contribution in [3.8, 4) is 0 Å². The van der Waals surface area contributed by atoms with E-state index < -0.39 is 0 Å². The van der Waals surface area contributed by atoms with E-state index in [0.717, 1.165) is 15.7 Å². The lowest BCUT2D eigenvalue weighted by Gasteiger charge is -2.15. The first-order valence-corrected chi connectivity index (χ1v) is 6.12. The van der Waals surface area contributed by atoms with Crippen LogP contribution in [0.15, 0.2) is 34.9 Å². The number of halogens is 1. The second kappa shape index (κ2) is 5.00. The van der Waals surface area contributed by atoms with Crippen LogP contribution in [-0.4, -0.2) is 9.78 Å². The number of rotatable bonds is 3. The average molecular weight is 295 g/mol. The smallest absolute Gasteiger partial charge is 0.0900 e. The van der Waals surface area contributed by atoms with Gasteiger partial charge in [0.2, 0.25) is 0 Å². The number of hydrazine groups is 1. The highest BCUT2D eigenvalue weighted by atomic mass is 79.9. The molecule has 0 amide bonds. The van der Waals surface area contributed by atoms with E-state index in [2.05, 4.69) is 45.5 Å². The average Bonchev–Trinajstić information content (AvgIpc) is 2.64. The Labute approximate surface area is 109 Å². The fourth-order valence-corrected chi connectivity index (χ4v) is 2.50. The number of hydrogen-bond acceptors (Lipinski definition) is 3. The Morgan fingerprint density at radius 1 is 1.41 bits per heavy atom. The van der Waals surface area contributed by atoms with Gasteiger partial charge in [-0.25, -0.2) is 5.43 Å². The Balaban J connectivity index is 2.41. The molecule has 17 heavy (non-hydrogen) atoms. The molecule has 0 fully saturated rings. The van der Waals surface area contributed by atoms with E-state index in [1.165, 1.54) is 5.56 Å². The maximum absolute atomic E-state index is 5.63. The summed E-state index contributed by atoms with van der Waals surface area (Å²) in [6.07, 6.45) is 1.91. The highest BCUT2D eigenvalue weighted by Gasteiger charge is 2.15. The number of aromatic nitrogens is 2. The molecule has 0 aliphatic rings. The van der Waals surface area contributed by atoms with Crippen LogP contribution >= 0.6 is 15.9 Å². The van der Waals surface area contributed by atoms with Crippen LogP contribution in [-0.2, 0) is 7.05 Å². The first-order chi connectivity index (χ1) is 8.10. The third kappa shape index (κ3) is 2.74. The van der Waals surface area contributed by atoms with Crippen molar-refractivity contribution in [1.82, 2.24) is 15.2 Å². The van der Waals surface area contributed by atoms with Gasteiger partial charge in [-0.15, -0.1) is 0 Å². The summed E-state index contributed by atoms with van der Waals surface area (Å²) in [7, 11) is 1.89. The molecule has 90 valence electrons. The van der Waals surface area contributed by atoms with E-state index in [0.29, 0.717) is 0 Å². The Hall–Kier alpha value is -1.17. The third-order valence-corrected chi connectivity index (χ3v) is 3.05. The Morgan fingerprint density at radius 3 is 2.71 bits per heavy atom. The normalized spacial score (nSPS) is 12.7. The van der Waals surface area contributed by atoms with E-state index >= 15 is 0 Å². The summed E-state index contributed by atoms with van der Waals surface area (Å²) in [5, 5.41) is 4.38. The van der Waals surface area contributed by atoms with Gasteiger partial charge in [0.15, 0.2) is 0 Å². The molecule has 5 heteroatoms. The quantitative estimate of drug-likeness (QED) is 0.673. The predicted octanol–water partition coefficient (Wildman–Crippen LogP) is 2.04. The fraction of sp³-hybridized carbons (Fsp3) is 0.250. The SMILES string of the molecule is Cc1cc(Br)cc(C(NN)c2ccn(C)n2)c1. The molecule has 4 nitrogen and oxygen atoms in total. The van der Waals surface area contributed by atoms with Gasteiger partial charge in [0, 0.05) is 17.7 Å². The molecule has 2 aromatic rings. The molecular formula is C12H15BrN4. The molecule has 0 aliphatic heterocycles. The lowest BCUT2D eigenvalue weighted by atomic mass is 10.0. The maximum atomic E-state index is 5.63. The van der Waals surface area contributed by atoms with Crippen molar-refractivity contribution in [2.75, 3.05) is 0 Å². The minimum Gasteiger partial charge on any atom is -0.275 e. The van der Waals surface area contributed by atoms with Crippen LogP contribution in [0.5, 0.6) is 0 Å². The Morgan fingerprint density at radius 2 is 2.18 bits per heavy atom. The van der Waals surface area contributed by atoms with Crippen LogP contribution in [0.2, 0.25) is 0 Å². The van der Waals surface area contributed by atoms with Crippen molar-refractivity contribution < 1.29 is 0 Å². The van der Waals surface area contributed by atoms with Gasteiger partial charge in [-0.3, -0.25) is 10.5 Å². The first-order valence-electron chi connectivity index (χ1n) is 5.33. The zero-order valence-electron chi connectivity index (χ0n) is 9.81. The van der Waals surface area contributed by atoms with Crippen LogP contribution < -0.4 is 11.3 Å².